The highest BCUT2D eigenvalue weighted by molar-refractivity contribution is 7.80. The molecule has 19 heavy (non-hydrogen) atoms. The molecule has 102 valence electrons. The summed E-state index contributed by atoms with van der Waals surface area (Å²) in [4.78, 5) is 27.3. The second-order valence-electron chi connectivity index (χ2n) is 4.34. The zero-order chi connectivity index (χ0) is 13.8. The van der Waals surface area contributed by atoms with E-state index in [0.29, 0.717) is 24.6 Å². The molecular weight excluding hydrogens is 266 g/mol. The summed E-state index contributed by atoms with van der Waals surface area (Å²) >= 11 is 4.86. The molecule has 1 saturated heterocycles. The first-order valence-corrected chi connectivity index (χ1v) is 6.33. The zero-order valence-corrected chi connectivity index (χ0v) is 11.2. The molecule has 0 bridgehead atoms. The zero-order valence-electron chi connectivity index (χ0n) is 10.3. The summed E-state index contributed by atoms with van der Waals surface area (Å²) in [7, 11) is 0. The van der Waals surface area contributed by atoms with Crippen molar-refractivity contribution in [3.63, 3.8) is 0 Å². The number of amides is 1. The topological polar surface area (TPSA) is 95.3 Å². The molecule has 8 heteroatoms. The van der Waals surface area contributed by atoms with Crippen LogP contribution in [0.5, 0.6) is 0 Å². The molecule has 0 aliphatic carbocycles. The van der Waals surface area contributed by atoms with Gasteiger partial charge in [-0.15, -0.1) is 0 Å². The average Bonchev–Trinajstić information content (AvgIpc) is 2.39. The van der Waals surface area contributed by atoms with Crippen LogP contribution in [0.2, 0.25) is 0 Å². The fourth-order valence-electron chi connectivity index (χ4n) is 1.96. The van der Waals surface area contributed by atoms with Gasteiger partial charge in [-0.25, -0.2) is 5.10 Å². The van der Waals surface area contributed by atoms with Crippen molar-refractivity contribution in [3.05, 3.63) is 28.2 Å². The minimum absolute atomic E-state index is 0.175. The van der Waals surface area contributed by atoms with Crippen LogP contribution in [-0.4, -0.2) is 63.6 Å². The van der Waals surface area contributed by atoms with Crippen molar-refractivity contribution in [2.24, 2.45) is 5.73 Å². The SMILES string of the molecule is NC(=S)CN1CCN(C(=O)c2ccc(=O)[nH]n2)CC1. The molecule has 0 unspecified atom stereocenters. The molecule has 2 heterocycles. The number of hydrogen-bond donors (Lipinski definition) is 2. The Hall–Kier alpha value is -1.80. The minimum Gasteiger partial charge on any atom is -0.392 e. The fourth-order valence-corrected chi connectivity index (χ4v) is 2.14. The van der Waals surface area contributed by atoms with Crippen LogP contribution in [-0.2, 0) is 0 Å². The van der Waals surface area contributed by atoms with Crippen molar-refractivity contribution < 1.29 is 4.79 Å². The van der Waals surface area contributed by atoms with Crippen LogP contribution in [0.15, 0.2) is 16.9 Å². The lowest BCUT2D eigenvalue weighted by molar-refractivity contribution is 0.0647. The van der Waals surface area contributed by atoms with Crippen molar-refractivity contribution in [2.45, 2.75) is 0 Å². The Bertz CT molecular complexity index is 516. The van der Waals surface area contributed by atoms with Crippen molar-refractivity contribution >= 4 is 23.1 Å². The lowest BCUT2D eigenvalue weighted by Gasteiger charge is -2.34. The first-order chi connectivity index (χ1) is 9.06. The number of thiocarbonyl (C=S) groups is 1. The van der Waals surface area contributed by atoms with Gasteiger partial charge in [-0.3, -0.25) is 14.5 Å². The third-order valence-corrected chi connectivity index (χ3v) is 3.07. The third kappa shape index (κ3) is 3.58. The lowest BCUT2D eigenvalue weighted by atomic mass is 10.2. The highest BCUT2D eigenvalue weighted by Crippen LogP contribution is 2.05. The largest absolute Gasteiger partial charge is 0.392 e. The average molecular weight is 281 g/mol. The van der Waals surface area contributed by atoms with E-state index in [1.807, 2.05) is 0 Å². The summed E-state index contributed by atoms with van der Waals surface area (Å²) in [5.74, 6) is -0.175. The number of hydrogen-bond acceptors (Lipinski definition) is 5. The maximum absolute atomic E-state index is 12.1. The first kappa shape index (κ1) is 13.6. The van der Waals surface area contributed by atoms with E-state index in [2.05, 4.69) is 15.1 Å². The van der Waals surface area contributed by atoms with E-state index in [-0.39, 0.29) is 17.2 Å². The number of aromatic amines is 1. The van der Waals surface area contributed by atoms with Crippen LogP contribution in [0.3, 0.4) is 0 Å². The molecule has 1 aromatic rings. The van der Waals surface area contributed by atoms with Gasteiger partial charge in [0, 0.05) is 38.8 Å². The van der Waals surface area contributed by atoms with E-state index in [9.17, 15) is 9.59 Å². The molecule has 0 aromatic carbocycles. The minimum atomic E-state index is -0.321. The molecule has 0 radical (unpaired) electrons. The number of rotatable bonds is 3. The molecule has 1 fully saturated rings. The summed E-state index contributed by atoms with van der Waals surface area (Å²) in [5.41, 5.74) is 5.42. The van der Waals surface area contributed by atoms with E-state index < -0.39 is 0 Å². The molecule has 3 N–H and O–H groups in total. The third-order valence-electron chi connectivity index (χ3n) is 2.94. The van der Waals surface area contributed by atoms with Crippen molar-refractivity contribution in [2.75, 3.05) is 32.7 Å². The van der Waals surface area contributed by atoms with Crippen molar-refractivity contribution in [1.82, 2.24) is 20.0 Å². The summed E-state index contributed by atoms with van der Waals surface area (Å²) in [6, 6.07) is 2.73. The van der Waals surface area contributed by atoms with Crippen LogP contribution in [0, 0.1) is 0 Å². The number of nitrogens with two attached hydrogens (primary N) is 1. The van der Waals surface area contributed by atoms with E-state index in [0.717, 1.165) is 13.1 Å². The van der Waals surface area contributed by atoms with E-state index in [4.69, 9.17) is 18.0 Å². The maximum Gasteiger partial charge on any atom is 0.274 e. The van der Waals surface area contributed by atoms with Gasteiger partial charge < -0.3 is 10.6 Å². The summed E-state index contributed by atoms with van der Waals surface area (Å²) in [5, 5.41) is 6.00. The first-order valence-electron chi connectivity index (χ1n) is 5.92. The molecule has 1 aliphatic heterocycles. The van der Waals surface area contributed by atoms with Gasteiger partial charge in [0.25, 0.3) is 11.5 Å². The number of piperazine rings is 1. The molecule has 0 saturated carbocycles. The Morgan fingerprint density at radius 3 is 2.58 bits per heavy atom. The summed E-state index contributed by atoms with van der Waals surface area (Å²) < 4.78 is 0. The normalized spacial score (nSPS) is 16.3. The Balaban J connectivity index is 1.94. The maximum atomic E-state index is 12.1. The summed E-state index contributed by atoms with van der Waals surface area (Å²) in [6.07, 6.45) is 0. The molecule has 7 nitrogen and oxygen atoms in total. The van der Waals surface area contributed by atoms with E-state index in [1.54, 1.807) is 4.90 Å². The van der Waals surface area contributed by atoms with Gasteiger partial charge in [-0.2, -0.15) is 5.10 Å². The number of nitrogens with one attached hydrogen (secondary N) is 1. The van der Waals surface area contributed by atoms with Gasteiger partial charge in [0.05, 0.1) is 4.99 Å². The van der Waals surface area contributed by atoms with Gasteiger partial charge in [0.15, 0.2) is 0 Å². The molecule has 1 aromatic heterocycles. The van der Waals surface area contributed by atoms with Gasteiger partial charge in [0.1, 0.15) is 5.69 Å². The predicted octanol–water partition coefficient (Wildman–Crippen LogP) is -1.19. The molecule has 0 spiro atoms. The number of nitrogens with zero attached hydrogens (tertiary/aromatic N) is 3. The lowest BCUT2D eigenvalue weighted by Crippen LogP contribution is -2.50. The Morgan fingerprint density at radius 1 is 1.37 bits per heavy atom. The highest BCUT2D eigenvalue weighted by Gasteiger charge is 2.23. The summed E-state index contributed by atoms with van der Waals surface area (Å²) in [6.45, 7) is 3.23. The number of carbonyl (C=O) groups is 1. The second-order valence-corrected chi connectivity index (χ2v) is 4.87. The fraction of sp³-hybridized carbons (Fsp3) is 0.455. The number of H-pyrrole nitrogens is 1. The molecule has 1 aliphatic rings. The van der Waals surface area contributed by atoms with Gasteiger partial charge in [-0.05, 0) is 6.07 Å². The molecule has 0 atom stereocenters. The van der Waals surface area contributed by atoms with Gasteiger partial charge in [-0.1, -0.05) is 12.2 Å². The Kier molecular flexibility index (Phi) is 4.23. The standard InChI is InChI=1S/C11H15N5O2S/c12-9(19)7-15-3-5-16(6-4-15)11(18)8-1-2-10(17)14-13-8/h1-2H,3-7H2,(H2,12,19)(H,14,17). The Morgan fingerprint density at radius 2 is 2.05 bits per heavy atom. The van der Waals surface area contributed by atoms with Crippen LogP contribution >= 0.6 is 12.2 Å². The van der Waals surface area contributed by atoms with Crippen molar-refractivity contribution in [1.29, 1.82) is 0 Å². The quantitative estimate of drug-likeness (QED) is 0.677. The van der Waals surface area contributed by atoms with Crippen LogP contribution < -0.4 is 11.3 Å². The smallest absolute Gasteiger partial charge is 0.274 e. The van der Waals surface area contributed by atoms with Crippen LogP contribution in [0.1, 0.15) is 10.5 Å². The van der Waals surface area contributed by atoms with E-state index in [1.165, 1.54) is 12.1 Å². The number of carbonyl (C=O) groups excluding carboxylic acids is 1. The molecular formula is C11H15N5O2S. The van der Waals surface area contributed by atoms with Gasteiger partial charge in [0.2, 0.25) is 0 Å². The second kappa shape index (κ2) is 5.89. The highest BCUT2D eigenvalue weighted by atomic mass is 32.1. The predicted molar refractivity (Wildman–Crippen MR) is 74.0 cm³/mol. The molecule has 1 amide bonds. The monoisotopic (exact) mass is 281 g/mol. The van der Waals surface area contributed by atoms with E-state index >= 15 is 0 Å². The van der Waals surface area contributed by atoms with Crippen LogP contribution in [0.25, 0.3) is 0 Å². The van der Waals surface area contributed by atoms with Gasteiger partial charge >= 0.3 is 0 Å². The van der Waals surface area contributed by atoms with Crippen molar-refractivity contribution in [3.8, 4) is 0 Å². The van der Waals surface area contributed by atoms with Crippen LogP contribution in [0.4, 0.5) is 0 Å². The number of aromatic nitrogens is 2. The molecule has 2 rings (SSSR count). The Labute approximate surface area is 115 Å².